The molecule has 4 nitrogen and oxygen atoms in total. The molecule has 0 aliphatic rings. The van der Waals surface area contributed by atoms with Crippen LogP contribution in [0, 0.1) is 5.82 Å². The van der Waals surface area contributed by atoms with Gasteiger partial charge in [-0.15, -0.1) is 0 Å². The highest BCUT2D eigenvalue weighted by Crippen LogP contribution is 2.13. The van der Waals surface area contributed by atoms with Crippen molar-refractivity contribution in [1.82, 2.24) is 9.47 Å². The number of nitrogens with zero attached hydrogens (tertiary/aromatic N) is 2. The number of aromatic nitrogens is 1. The Kier molecular flexibility index (Phi) is 6.76. The molecule has 2 rings (SSSR count). The number of aliphatic hydroxyl groups is 1. The van der Waals surface area contributed by atoms with E-state index in [4.69, 9.17) is 4.74 Å². The van der Waals surface area contributed by atoms with Gasteiger partial charge in [0.2, 0.25) is 0 Å². The Morgan fingerprint density at radius 1 is 1.16 bits per heavy atom. The largest absolute Gasteiger partial charge is 0.389 e. The lowest BCUT2D eigenvalue weighted by Crippen LogP contribution is -2.36. The molecule has 1 aromatic carbocycles. The normalized spacial score (nSPS) is 13.4. The zero-order chi connectivity index (χ0) is 18.4. The van der Waals surface area contributed by atoms with E-state index in [9.17, 15) is 9.50 Å². The summed E-state index contributed by atoms with van der Waals surface area (Å²) in [5.74, 6) is -0.239. The summed E-state index contributed by atoms with van der Waals surface area (Å²) in [6, 6.07) is 10.6. The minimum Gasteiger partial charge on any atom is -0.389 e. The Bertz CT molecular complexity index is 646. The first-order valence-electron chi connectivity index (χ1n) is 8.62. The third kappa shape index (κ3) is 6.98. The lowest BCUT2D eigenvalue weighted by molar-refractivity contribution is -0.0573. The smallest absolute Gasteiger partial charge is 0.123 e. The number of rotatable bonds is 8. The molecule has 0 amide bonds. The van der Waals surface area contributed by atoms with Gasteiger partial charge >= 0.3 is 0 Å². The second-order valence-electron chi connectivity index (χ2n) is 7.48. The first-order chi connectivity index (χ1) is 11.7. The Morgan fingerprint density at radius 3 is 2.40 bits per heavy atom. The summed E-state index contributed by atoms with van der Waals surface area (Å²) in [7, 11) is 2.00. The highest BCUT2D eigenvalue weighted by Gasteiger charge is 2.17. The van der Waals surface area contributed by atoms with Crippen LogP contribution in [0.2, 0.25) is 0 Å². The Hall–Kier alpha value is -1.69. The van der Waals surface area contributed by atoms with Crippen LogP contribution in [0.5, 0.6) is 0 Å². The van der Waals surface area contributed by atoms with Gasteiger partial charge in [0.15, 0.2) is 0 Å². The van der Waals surface area contributed by atoms with Crippen molar-refractivity contribution in [2.45, 2.75) is 45.6 Å². The topological polar surface area (TPSA) is 37.6 Å². The zero-order valence-electron chi connectivity index (χ0n) is 15.6. The molecule has 0 spiro atoms. The molecular weight excluding hydrogens is 319 g/mol. The molecule has 25 heavy (non-hydrogen) atoms. The van der Waals surface area contributed by atoms with Crippen LogP contribution in [-0.4, -0.2) is 39.4 Å². The van der Waals surface area contributed by atoms with Crippen molar-refractivity contribution in [2.75, 3.05) is 13.2 Å². The van der Waals surface area contributed by atoms with Crippen LogP contribution in [0.25, 0.3) is 0 Å². The predicted molar refractivity (Wildman–Crippen MR) is 97.6 cm³/mol. The van der Waals surface area contributed by atoms with Gasteiger partial charge in [-0.3, -0.25) is 4.90 Å². The number of halogens is 1. The molecule has 1 atom stereocenters. The predicted octanol–water partition coefficient (Wildman–Crippen LogP) is 3.34. The molecule has 1 N–H and O–H groups in total. The fourth-order valence-corrected chi connectivity index (χ4v) is 2.62. The van der Waals surface area contributed by atoms with Crippen LogP contribution in [0.15, 0.2) is 42.6 Å². The number of hydrogen-bond acceptors (Lipinski definition) is 3. The number of benzene rings is 1. The molecular formula is C20H29FN2O2. The van der Waals surface area contributed by atoms with E-state index in [1.165, 1.54) is 12.1 Å². The van der Waals surface area contributed by atoms with E-state index in [2.05, 4.69) is 15.5 Å². The van der Waals surface area contributed by atoms with Crippen molar-refractivity contribution in [2.24, 2.45) is 7.05 Å². The van der Waals surface area contributed by atoms with Crippen molar-refractivity contribution in [1.29, 1.82) is 0 Å². The average molecular weight is 348 g/mol. The van der Waals surface area contributed by atoms with Gasteiger partial charge in [0.1, 0.15) is 5.82 Å². The molecule has 5 heteroatoms. The third-order valence-electron chi connectivity index (χ3n) is 3.93. The lowest BCUT2D eigenvalue weighted by Gasteiger charge is -2.27. The van der Waals surface area contributed by atoms with Crippen LogP contribution in [0.4, 0.5) is 4.39 Å². The number of aliphatic hydroxyl groups excluding tert-OH is 1. The van der Waals surface area contributed by atoms with Crippen molar-refractivity contribution < 1.29 is 14.2 Å². The van der Waals surface area contributed by atoms with Crippen molar-refractivity contribution >= 4 is 0 Å². The van der Waals surface area contributed by atoms with Crippen molar-refractivity contribution in [3.8, 4) is 0 Å². The molecule has 0 saturated carbocycles. The van der Waals surface area contributed by atoms with E-state index in [0.717, 1.165) is 11.3 Å². The fraction of sp³-hybridized carbons (Fsp3) is 0.500. The number of aryl methyl sites for hydroxylation is 1. The van der Waals surface area contributed by atoms with Gasteiger partial charge in [-0.2, -0.15) is 0 Å². The molecule has 0 fully saturated rings. The van der Waals surface area contributed by atoms with E-state index in [1.807, 2.05) is 40.1 Å². The van der Waals surface area contributed by atoms with Gasteiger partial charge in [-0.1, -0.05) is 12.1 Å². The Balaban J connectivity index is 2.03. The minimum absolute atomic E-state index is 0.239. The monoisotopic (exact) mass is 348 g/mol. The first-order valence-corrected chi connectivity index (χ1v) is 8.62. The summed E-state index contributed by atoms with van der Waals surface area (Å²) in [5, 5.41) is 10.4. The molecule has 0 radical (unpaired) electrons. The molecule has 0 unspecified atom stereocenters. The van der Waals surface area contributed by atoms with E-state index in [1.54, 1.807) is 12.1 Å². The molecule has 1 heterocycles. The van der Waals surface area contributed by atoms with E-state index >= 15 is 0 Å². The minimum atomic E-state index is -0.583. The van der Waals surface area contributed by atoms with E-state index in [0.29, 0.717) is 19.6 Å². The van der Waals surface area contributed by atoms with Gasteiger partial charge in [0.25, 0.3) is 0 Å². The van der Waals surface area contributed by atoms with Gasteiger partial charge in [0, 0.05) is 38.6 Å². The molecule has 0 bridgehead atoms. The summed E-state index contributed by atoms with van der Waals surface area (Å²) in [5.41, 5.74) is 1.89. The SMILES string of the molecule is Cn1cccc1CN(Cc1ccc(F)cc1)C[C@H](O)COC(C)(C)C. The third-order valence-corrected chi connectivity index (χ3v) is 3.93. The molecule has 138 valence electrons. The van der Waals surface area contributed by atoms with Gasteiger partial charge in [-0.05, 0) is 50.6 Å². The molecule has 0 aliphatic heterocycles. The molecule has 0 saturated heterocycles. The summed E-state index contributed by atoms with van der Waals surface area (Å²) in [6.45, 7) is 8.03. The van der Waals surface area contributed by atoms with Gasteiger partial charge in [0.05, 0.1) is 18.3 Å². The number of ether oxygens (including phenoxy) is 1. The zero-order valence-corrected chi connectivity index (χ0v) is 15.6. The fourth-order valence-electron chi connectivity index (χ4n) is 2.62. The van der Waals surface area contributed by atoms with Crippen molar-refractivity contribution in [3.05, 3.63) is 59.7 Å². The van der Waals surface area contributed by atoms with Crippen LogP contribution in [0.1, 0.15) is 32.0 Å². The average Bonchev–Trinajstić information content (AvgIpc) is 2.92. The second kappa shape index (κ2) is 8.61. The highest BCUT2D eigenvalue weighted by atomic mass is 19.1. The first kappa shape index (κ1) is 19.6. The maximum atomic E-state index is 13.1. The summed E-state index contributed by atoms with van der Waals surface area (Å²) in [4.78, 5) is 2.15. The van der Waals surface area contributed by atoms with E-state index < -0.39 is 6.10 Å². The van der Waals surface area contributed by atoms with Crippen LogP contribution >= 0.6 is 0 Å². The maximum Gasteiger partial charge on any atom is 0.123 e. The van der Waals surface area contributed by atoms with Gasteiger partial charge in [-0.25, -0.2) is 4.39 Å². The lowest BCUT2D eigenvalue weighted by atomic mass is 10.2. The van der Waals surface area contributed by atoms with Crippen LogP contribution < -0.4 is 0 Å². The molecule has 2 aromatic rings. The van der Waals surface area contributed by atoms with Crippen LogP contribution in [-0.2, 0) is 24.9 Å². The summed E-state index contributed by atoms with van der Waals surface area (Å²) in [6.07, 6.45) is 1.42. The maximum absolute atomic E-state index is 13.1. The van der Waals surface area contributed by atoms with E-state index in [-0.39, 0.29) is 18.0 Å². The molecule has 0 aliphatic carbocycles. The Morgan fingerprint density at radius 2 is 1.84 bits per heavy atom. The summed E-state index contributed by atoms with van der Waals surface area (Å²) < 4.78 is 20.9. The quantitative estimate of drug-likeness (QED) is 0.795. The van der Waals surface area contributed by atoms with Crippen LogP contribution in [0.3, 0.4) is 0 Å². The molecule has 1 aromatic heterocycles. The standard InChI is InChI=1S/C20H29FN2O2/c1-20(2,3)25-15-19(24)14-23(13-18-6-5-11-22(18)4)12-16-7-9-17(21)10-8-16/h5-11,19,24H,12-15H2,1-4H3/t19-/m0/s1. The van der Waals surface area contributed by atoms with Crippen molar-refractivity contribution in [3.63, 3.8) is 0 Å². The number of hydrogen-bond donors (Lipinski definition) is 1. The Labute approximate surface area is 149 Å². The van der Waals surface area contributed by atoms with Gasteiger partial charge < -0.3 is 14.4 Å². The summed E-state index contributed by atoms with van der Waals surface area (Å²) >= 11 is 0. The highest BCUT2D eigenvalue weighted by molar-refractivity contribution is 5.16. The second-order valence-corrected chi connectivity index (χ2v) is 7.48.